The summed E-state index contributed by atoms with van der Waals surface area (Å²) in [6.45, 7) is 0. The van der Waals surface area contributed by atoms with Crippen molar-refractivity contribution in [3.8, 4) is 11.3 Å². The molecule has 0 aliphatic carbocycles. The number of thioether (sulfide) groups is 1. The Morgan fingerprint density at radius 1 is 1.20 bits per heavy atom. The van der Waals surface area contributed by atoms with Crippen LogP contribution in [0.2, 0.25) is 0 Å². The summed E-state index contributed by atoms with van der Waals surface area (Å²) in [5.74, 6) is 0.143. The van der Waals surface area contributed by atoms with Crippen molar-refractivity contribution in [3.63, 3.8) is 0 Å². The number of non-ortho nitro benzene ring substituents is 1. The molecule has 3 aromatic rings. The van der Waals surface area contributed by atoms with Gasteiger partial charge < -0.3 is 5.32 Å². The number of hydrogen-bond donors (Lipinski definition) is 1. The third-order valence-electron chi connectivity index (χ3n) is 3.22. The molecule has 0 bridgehead atoms. The van der Waals surface area contributed by atoms with E-state index in [0.717, 1.165) is 4.90 Å². The van der Waals surface area contributed by atoms with Gasteiger partial charge in [0.1, 0.15) is 0 Å². The first-order chi connectivity index (χ1) is 12.1. The summed E-state index contributed by atoms with van der Waals surface area (Å²) >= 11 is 2.73. The Balaban J connectivity index is 1.62. The van der Waals surface area contributed by atoms with Crippen molar-refractivity contribution in [1.82, 2.24) is 4.98 Å². The van der Waals surface area contributed by atoms with Crippen LogP contribution in [0.1, 0.15) is 0 Å². The summed E-state index contributed by atoms with van der Waals surface area (Å²) in [5, 5.41) is 15.8. The Bertz CT molecular complexity index is 897. The number of rotatable bonds is 6. The smallest absolute Gasteiger partial charge is 0.270 e. The molecule has 0 spiro atoms. The van der Waals surface area contributed by atoms with Crippen LogP contribution in [-0.4, -0.2) is 21.6 Å². The van der Waals surface area contributed by atoms with Gasteiger partial charge in [0, 0.05) is 28.0 Å². The minimum Gasteiger partial charge on any atom is -0.301 e. The molecule has 1 N–H and O–H groups in total. The quantitative estimate of drug-likeness (QED) is 0.393. The molecule has 1 aromatic heterocycles. The third-order valence-corrected chi connectivity index (χ3v) is 4.99. The average Bonchev–Trinajstić information content (AvgIpc) is 3.09. The van der Waals surface area contributed by atoms with Crippen LogP contribution in [0.3, 0.4) is 0 Å². The summed E-state index contributed by atoms with van der Waals surface area (Å²) in [6.07, 6.45) is 0. The number of anilines is 1. The predicted molar refractivity (Wildman–Crippen MR) is 100 cm³/mol. The zero-order chi connectivity index (χ0) is 17.6. The van der Waals surface area contributed by atoms with Gasteiger partial charge >= 0.3 is 0 Å². The van der Waals surface area contributed by atoms with Gasteiger partial charge in [-0.25, -0.2) is 4.98 Å². The van der Waals surface area contributed by atoms with Crippen LogP contribution in [0, 0.1) is 10.1 Å². The molecular weight excluding hydrogens is 358 g/mol. The topological polar surface area (TPSA) is 85.1 Å². The maximum atomic E-state index is 12.0. The van der Waals surface area contributed by atoms with Crippen LogP contribution in [0.25, 0.3) is 11.3 Å². The molecule has 0 saturated heterocycles. The maximum absolute atomic E-state index is 12.0. The Morgan fingerprint density at radius 3 is 2.76 bits per heavy atom. The number of nitrogens with one attached hydrogen (secondary N) is 1. The van der Waals surface area contributed by atoms with E-state index in [1.165, 1.54) is 35.2 Å². The van der Waals surface area contributed by atoms with Gasteiger partial charge in [-0.2, -0.15) is 0 Å². The standard InChI is InChI=1S/C17H13N3O3S2/c21-16(11-24-14-7-2-1-3-8-14)19-17-18-15(10-25-17)12-5-4-6-13(9-12)20(22)23/h1-10H,11H2,(H,18,19,21). The highest BCUT2D eigenvalue weighted by molar-refractivity contribution is 8.00. The number of nitrogens with zero attached hydrogens (tertiary/aromatic N) is 2. The average molecular weight is 371 g/mol. The van der Waals surface area contributed by atoms with Gasteiger partial charge in [0.05, 0.1) is 16.4 Å². The van der Waals surface area contributed by atoms with E-state index < -0.39 is 4.92 Å². The zero-order valence-corrected chi connectivity index (χ0v) is 14.5. The van der Waals surface area contributed by atoms with Crippen molar-refractivity contribution in [2.45, 2.75) is 4.90 Å². The van der Waals surface area contributed by atoms with Crippen molar-refractivity contribution >= 4 is 39.8 Å². The zero-order valence-electron chi connectivity index (χ0n) is 12.9. The lowest BCUT2D eigenvalue weighted by Gasteiger charge is -2.02. The van der Waals surface area contributed by atoms with Crippen molar-refractivity contribution in [1.29, 1.82) is 0 Å². The molecule has 0 fully saturated rings. The van der Waals surface area contributed by atoms with Crippen LogP contribution in [0.5, 0.6) is 0 Å². The summed E-state index contributed by atoms with van der Waals surface area (Å²) in [6, 6.07) is 15.9. The van der Waals surface area contributed by atoms with Crippen molar-refractivity contribution in [3.05, 3.63) is 70.1 Å². The van der Waals surface area contributed by atoms with Crippen LogP contribution in [0.15, 0.2) is 64.9 Å². The number of thiazole rings is 1. The van der Waals surface area contributed by atoms with Crippen LogP contribution >= 0.6 is 23.1 Å². The molecule has 1 amide bonds. The normalized spacial score (nSPS) is 10.4. The SMILES string of the molecule is O=C(CSc1ccccc1)Nc1nc(-c2cccc([N+](=O)[O-])c2)cs1. The Labute approximate surface area is 152 Å². The first-order valence-electron chi connectivity index (χ1n) is 7.30. The molecule has 25 heavy (non-hydrogen) atoms. The van der Waals surface area contributed by atoms with Crippen molar-refractivity contribution < 1.29 is 9.72 Å². The van der Waals surface area contributed by atoms with Crippen LogP contribution in [0.4, 0.5) is 10.8 Å². The molecule has 0 aliphatic heterocycles. The lowest BCUT2D eigenvalue weighted by Crippen LogP contribution is -2.13. The second-order valence-corrected chi connectivity index (χ2v) is 6.90. The Morgan fingerprint density at radius 2 is 2.00 bits per heavy atom. The number of carbonyl (C=O) groups excluding carboxylic acids is 1. The monoisotopic (exact) mass is 371 g/mol. The van der Waals surface area contributed by atoms with Crippen LogP contribution < -0.4 is 5.32 Å². The van der Waals surface area contributed by atoms with Gasteiger partial charge in [-0.05, 0) is 12.1 Å². The van der Waals surface area contributed by atoms with Crippen molar-refractivity contribution in [2.24, 2.45) is 0 Å². The fourth-order valence-corrected chi connectivity index (χ4v) is 3.52. The van der Waals surface area contributed by atoms with E-state index in [1.54, 1.807) is 17.5 Å². The molecule has 126 valence electrons. The predicted octanol–water partition coefficient (Wildman–Crippen LogP) is 4.45. The molecule has 0 aliphatic rings. The molecule has 0 unspecified atom stereocenters. The molecular formula is C17H13N3O3S2. The summed E-state index contributed by atoms with van der Waals surface area (Å²) < 4.78 is 0. The number of nitro benzene ring substituents is 1. The maximum Gasteiger partial charge on any atom is 0.270 e. The largest absolute Gasteiger partial charge is 0.301 e. The number of hydrogen-bond acceptors (Lipinski definition) is 6. The molecule has 0 atom stereocenters. The van der Waals surface area contributed by atoms with E-state index in [0.29, 0.717) is 16.4 Å². The van der Waals surface area contributed by atoms with E-state index >= 15 is 0 Å². The van der Waals surface area contributed by atoms with Crippen molar-refractivity contribution in [2.75, 3.05) is 11.1 Å². The van der Waals surface area contributed by atoms with Gasteiger partial charge in [-0.1, -0.05) is 30.3 Å². The second-order valence-electron chi connectivity index (χ2n) is 5.00. The highest BCUT2D eigenvalue weighted by Crippen LogP contribution is 2.27. The molecule has 0 radical (unpaired) electrons. The Kier molecular flexibility index (Phi) is 5.42. The third kappa shape index (κ3) is 4.65. The molecule has 0 saturated carbocycles. The number of nitro groups is 1. The molecule has 6 nitrogen and oxygen atoms in total. The van der Waals surface area contributed by atoms with E-state index in [4.69, 9.17) is 0 Å². The highest BCUT2D eigenvalue weighted by Gasteiger charge is 2.11. The molecule has 3 rings (SSSR count). The van der Waals surface area contributed by atoms with Gasteiger partial charge in [0.2, 0.25) is 5.91 Å². The Hall–Kier alpha value is -2.71. The van der Waals surface area contributed by atoms with Crippen LogP contribution in [-0.2, 0) is 4.79 Å². The van der Waals surface area contributed by atoms with E-state index in [1.807, 2.05) is 30.3 Å². The second kappa shape index (κ2) is 7.91. The van der Waals surface area contributed by atoms with Gasteiger partial charge in [-0.3, -0.25) is 14.9 Å². The molecule has 8 heteroatoms. The summed E-state index contributed by atoms with van der Waals surface area (Å²) in [5.41, 5.74) is 1.25. The molecule has 1 heterocycles. The lowest BCUT2D eigenvalue weighted by atomic mass is 10.1. The first-order valence-corrected chi connectivity index (χ1v) is 9.16. The number of benzene rings is 2. The fraction of sp³-hybridized carbons (Fsp3) is 0.0588. The highest BCUT2D eigenvalue weighted by atomic mass is 32.2. The minimum absolute atomic E-state index is 0.00958. The summed E-state index contributed by atoms with van der Waals surface area (Å²) in [7, 11) is 0. The van der Waals surface area contributed by atoms with Gasteiger partial charge in [0.25, 0.3) is 5.69 Å². The van der Waals surface area contributed by atoms with Gasteiger partial charge in [0.15, 0.2) is 5.13 Å². The minimum atomic E-state index is -0.445. The lowest BCUT2D eigenvalue weighted by molar-refractivity contribution is -0.384. The number of aromatic nitrogens is 1. The van der Waals surface area contributed by atoms with E-state index in [-0.39, 0.29) is 17.3 Å². The first kappa shape index (κ1) is 17.1. The number of amides is 1. The van der Waals surface area contributed by atoms with E-state index in [9.17, 15) is 14.9 Å². The molecule has 2 aromatic carbocycles. The van der Waals surface area contributed by atoms with Gasteiger partial charge in [-0.15, -0.1) is 23.1 Å². The fourth-order valence-electron chi connectivity index (χ4n) is 2.06. The number of carbonyl (C=O) groups is 1. The summed E-state index contributed by atoms with van der Waals surface area (Å²) in [4.78, 5) is 27.8. The van der Waals surface area contributed by atoms with E-state index in [2.05, 4.69) is 10.3 Å².